The molecule has 162 valence electrons. The van der Waals surface area contributed by atoms with E-state index in [0.29, 0.717) is 51.7 Å². The van der Waals surface area contributed by atoms with Gasteiger partial charge in [-0.2, -0.15) is 0 Å². The maximum absolute atomic E-state index is 12.7. The average molecular weight is 460 g/mol. The Morgan fingerprint density at radius 3 is 2.90 bits per heavy atom. The quantitative estimate of drug-likeness (QED) is 0.358. The highest BCUT2D eigenvalue weighted by Gasteiger charge is 2.31. The number of unbranched alkanes of at least 4 members (excludes halogenated alkanes) is 2. The molecule has 0 atom stereocenters. The van der Waals surface area contributed by atoms with Gasteiger partial charge in [0.2, 0.25) is 12.7 Å². The number of nitrogens with one attached hydrogen (secondary N) is 1. The van der Waals surface area contributed by atoms with Gasteiger partial charge in [-0.1, -0.05) is 41.6 Å². The molecule has 4 rings (SSSR count). The summed E-state index contributed by atoms with van der Waals surface area (Å²) in [7, 11) is 0. The number of anilines is 1. The van der Waals surface area contributed by atoms with Gasteiger partial charge in [0.25, 0.3) is 5.91 Å². The van der Waals surface area contributed by atoms with Crippen LogP contribution in [0, 0.1) is 6.92 Å². The Hall–Kier alpha value is -2.85. The van der Waals surface area contributed by atoms with E-state index in [0.717, 1.165) is 18.4 Å². The molecule has 2 aliphatic rings. The number of thiocarbonyl (C=S) groups is 1. The van der Waals surface area contributed by atoms with Crippen LogP contribution in [0.3, 0.4) is 0 Å². The van der Waals surface area contributed by atoms with Gasteiger partial charge >= 0.3 is 0 Å². The molecule has 10 heteroatoms. The summed E-state index contributed by atoms with van der Waals surface area (Å²) in [6.07, 6.45) is 4.49. The Kier molecular flexibility index (Phi) is 6.57. The van der Waals surface area contributed by atoms with Crippen LogP contribution in [0.2, 0.25) is 0 Å². The Labute approximate surface area is 188 Å². The number of hydrogen-bond donors (Lipinski definition) is 1. The molecule has 0 bridgehead atoms. The lowest BCUT2D eigenvalue weighted by atomic mass is 10.1. The van der Waals surface area contributed by atoms with Crippen molar-refractivity contribution < 1.29 is 23.6 Å². The summed E-state index contributed by atoms with van der Waals surface area (Å²) in [5.74, 6) is 2.25. The summed E-state index contributed by atoms with van der Waals surface area (Å²) in [6, 6.07) is 7.23. The van der Waals surface area contributed by atoms with Gasteiger partial charge in [-0.15, -0.1) is 0 Å². The topological polar surface area (TPSA) is 93.9 Å². The third-order valence-corrected chi connectivity index (χ3v) is 6.13. The van der Waals surface area contributed by atoms with E-state index in [1.54, 1.807) is 17.9 Å². The van der Waals surface area contributed by atoms with Crippen molar-refractivity contribution in [1.29, 1.82) is 0 Å². The Morgan fingerprint density at radius 2 is 2.10 bits per heavy atom. The predicted octanol–water partition coefficient (Wildman–Crippen LogP) is 4.11. The van der Waals surface area contributed by atoms with Crippen LogP contribution in [-0.4, -0.2) is 39.5 Å². The van der Waals surface area contributed by atoms with E-state index in [2.05, 4.69) is 10.5 Å². The van der Waals surface area contributed by atoms with E-state index < -0.39 is 0 Å². The lowest BCUT2D eigenvalue weighted by Gasteiger charge is -2.14. The van der Waals surface area contributed by atoms with Gasteiger partial charge in [-0.25, -0.2) is 0 Å². The lowest BCUT2D eigenvalue weighted by molar-refractivity contribution is -0.122. The minimum atomic E-state index is -0.106. The number of amides is 2. The van der Waals surface area contributed by atoms with Gasteiger partial charge in [-0.05, 0) is 43.5 Å². The van der Waals surface area contributed by atoms with Crippen molar-refractivity contribution in [2.75, 3.05) is 18.7 Å². The first-order valence-corrected chi connectivity index (χ1v) is 11.1. The zero-order valence-electron chi connectivity index (χ0n) is 16.9. The number of nitrogens with zero attached hydrogens (tertiary/aromatic N) is 2. The zero-order valence-corrected chi connectivity index (χ0v) is 18.5. The molecule has 2 aliphatic heterocycles. The highest BCUT2D eigenvalue weighted by Crippen LogP contribution is 2.36. The summed E-state index contributed by atoms with van der Waals surface area (Å²) < 4.78 is 16.2. The minimum Gasteiger partial charge on any atom is -0.454 e. The largest absolute Gasteiger partial charge is 0.454 e. The third kappa shape index (κ3) is 5.26. The molecule has 0 saturated carbocycles. The molecule has 3 heterocycles. The van der Waals surface area contributed by atoms with E-state index >= 15 is 0 Å². The van der Waals surface area contributed by atoms with Crippen molar-refractivity contribution in [3.05, 3.63) is 40.5 Å². The van der Waals surface area contributed by atoms with E-state index in [-0.39, 0.29) is 18.6 Å². The van der Waals surface area contributed by atoms with E-state index in [4.69, 9.17) is 26.2 Å². The lowest BCUT2D eigenvalue weighted by Crippen LogP contribution is -2.29. The van der Waals surface area contributed by atoms with Crippen molar-refractivity contribution in [2.24, 2.45) is 0 Å². The van der Waals surface area contributed by atoms with Crippen LogP contribution >= 0.6 is 24.0 Å². The van der Waals surface area contributed by atoms with E-state index in [9.17, 15) is 9.59 Å². The van der Waals surface area contributed by atoms with Crippen LogP contribution in [0.5, 0.6) is 11.5 Å². The third-order valence-electron chi connectivity index (χ3n) is 4.75. The average Bonchev–Trinajstić information content (AvgIpc) is 3.43. The molecule has 1 aromatic carbocycles. The number of thioether (sulfide) groups is 1. The van der Waals surface area contributed by atoms with Crippen LogP contribution in [0.15, 0.2) is 33.7 Å². The molecule has 2 aromatic rings. The zero-order chi connectivity index (χ0) is 21.8. The SMILES string of the molecule is Cc1cc(NC(=O)CCCCCN2C(=O)/C(=C/c3ccc4c(c3)OCO4)SC2=S)no1. The first kappa shape index (κ1) is 21.4. The number of aryl methyl sites for hydroxylation is 1. The molecule has 1 aromatic heterocycles. The second-order valence-electron chi connectivity index (χ2n) is 7.13. The predicted molar refractivity (Wildman–Crippen MR) is 121 cm³/mol. The van der Waals surface area contributed by atoms with Gasteiger partial charge in [0.1, 0.15) is 10.1 Å². The fourth-order valence-electron chi connectivity index (χ4n) is 3.21. The number of hydrogen-bond acceptors (Lipinski definition) is 8. The molecule has 1 saturated heterocycles. The summed E-state index contributed by atoms with van der Waals surface area (Å²) in [5.41, 5.74) is 0.859. The Bertz CT molecular complexity index is 1050. The Morgan fingerprint density at radius 1 is 1.26 bits per heavy atom. The normalized spacial score (nSPS) is 16.4. The molecule has 0 unspecified atom stereocenters. The first-order valence-electron chi connectivity index (χ1n) is 9.88. The number of aromatic nitrogens is 1. The van der Waals surface area contributed by atoms with Gasteiger partial charge < -0.3 is 19.3 Å². The molecule has 1 N–H and O–H groups in total. The van der Waals surface area contributed by atoms with E-state index in [1.165, 1.54) is 11.8 Å². The fraction of sp³-hybridized carbons (Fsp3) is 0.333. The summed E-state index contributed by atoms with van der Waals surface area (Å²) in [5, 5.41) is 6.43. The van der Waals surface area contributed by atoms with Crippen molar-refractivity contribution in [2.45, 2.75) is 32.6 Å². The van der Waals surface area contributed by atoms with Crippen molar-refractivity contribution >= 4 is 52.0 Å². The van der Waals surface area contributed by atoms with Gasteiger partial charge in [-0.3, -0.25) is 14.5 Å². The summed E-state index contributed by atoms with van der Waals surface area (Å²) >= 11 is 6.69. The van der Waals surface area contributed by atoms with Crippen LogP contribution < -0.4 is 14.8 Å². The van der Waals surface area contributed by atoms with Crippen LogP contribution in [0.4, 0.5) is 5.82 Å². The number of ether oxygens (including phenoxy) is 2. The smallest absolute Gasteiger partial charge is 0.266 e. The highest BCUT2D eigenvalue weighted by molar-refractivity contribution is 8.26. The standard InChI is InChI=1S/C21H21N3O5S2/c1-13-9-18(23-29-13)22-19(25)5-3-2-4-8-24-20(26)17(31-21(24)30)11-14-6-7-15-16(10-14)28-12-27-15/h6-7,9-11H,2-5,8,12H2,1H3,(H,22,23,25)/b17-11-. The van der Waals surface area contributed by atoms with Gasteiger partial charge in [0.05, 0.1) is 4.91 Å². The number of carbonyl (C=O) groups excluding carboxylic acids is 2. The molecular weight excluding hydrogens is 438 g/mol. The summed E-state index contributed by atoms with van der Waals surface area (Å²) in [4.78, 5) is 26.9. The molecular formula is C21H21N3O5S2. The minimum absolute atomic E-state index is 0.0909. The first-order chi connectivity index (χ1) is 15.0. The van der Waals surface area contributed by atoms with Crippen molar-refractivity contribution in [1.82, 2.24) is 10.1 Å². The second kappa shape index (κ2) is 9.52. The van der Waals surface area contributed by atoms with Gasteiger partial charge in [0, 0.05) is 19.0 Å². The van der Waals surface area contributed by atoms with E-state index in [1.807, 2.05) is 24.3 Å². The Balaban J connectivity index is 1.22. The fourth-order valence-corrected chi connectivity index (χ4v) is 4.52. The molecule has 2 amide bonds. The molecule has 1 fully saturated rings. The molecule has 31 heavy (non-hydrogen) atoms. The van der Waals surface area contributed by atoms with Crippen LogP contribution in [0.25, 0.3) is 6.08 Å². The highest BCUT2D eigenvalue weighted by atomic mass is 32.2. The number of rotatable bonds is 8. The monoisotopic (exact) mass is 459 g/mol. The molecule has 8 nitrogen and oxygen atoms in total. The maximum atomic E-state index is 12.7. The molecule has 0 spiro atoms. The van der Waals surface area contributed by atoms with Gasteiger partial charge in [0.15, 0.2) is 17.3 Å². The van der Waals surface area contributed by atoms with Crippen LogP contribution in [0.1, 0.15) is 37.0 Å². The summed E-state index contributed by atoms with van der Waals surface area (Å²) in [6.45, 7) is 2.51. The maximum Gasteiger partial charge on any atom is 0.266 e. The second-order valence-corrected chi connectivity index (χ2v) is 8.80. The molecule has 0 aliphatic carbocycles. The number of carbonyl (C=O) groups is 2. The van der Waals surface area contributed by atoms with Crippen LogP contribution in [-0.2, 0) is 9.59 Å². The van der Waals surface area contributed by atoms with Crippen molar-refractivity contribution in [3.63, 3.8) is 0 Å². The number of fused-ring (bicyclic) bond motifs is 1. The number of benzene rings is 1. The molecule has 0 radical (unpaired) electrons. The van der Waals surface area contributed by atoms with Crippen molar-refractivity contribution in [3.8, 4) is 11.5 Å².